The van der Waals surface area contributed by atoms with Crippen LogP contribution in [0, 0.1) is 0 Å². The number of nitrogens with zero attached hydrogens (tertiary/aromatic N) is 1. The monoisotopic (exact) mass is 237 g/mol. The third-order valence-electron chi connectivity index (χ3n) is 1.82. The number of hydrogen-bond donors (Lipinski definition) is 2. The molecule has 15 heavy (non-hydrogen) atoms. The Hall–Kier alpha value is -0.820. The molecule has 0 saturated heterocycles. The zero-order chi connectivity index (χ0) is 11.9. The van der Waals surface area contributed by atoms with E-state index in [0.29, 0.717) is 19.6 Å². The Morgan fingerprint density at radius 1 is 1.20 bits per heavy atom. The van der Waals surface area contributed by atoms with Crippen LogP contribution in [-0.4, -0.2) is 51.8 Å². The van der Waals surface area contributed by atoms with Crippen molar-refractivity contribution in [3.63, 3.8) is 0 Å². The van der Waals surface area contributed by atoms with Gasteiger partial charge in [0.2, 0.25) is 10.0 Å². The summed E-state index contributed by atoms with van der Waals surface area (Å²) in [7, 11) is -3.17. The SMILES string of the molecule is CCN(CC)C(=O)NCCNS(C)(=O)=O. The van der Waals surface area contributed by atoms with E-state index in [4.69, 9.17) is 0 Å². The lowest BCUT2D eigenvalue weighted by Gasteiger charge is -2.19. The van der Waals surface area contributed by atoms with Gasteiger partial charge in [0.25, 0.3) is 0 Å². The van der Waals surface area contributed by atoms with Gasteiger partial charge in [0.05, 0.1) is 6.26 Å². The highest BCUT2D eigenvalue weighted by atomic mass is 32.2. The molecule has 0 atom stereocenters. The minimum atomic E-state index is -3.17. The Morgan fingerprint density at radius 2 is 1.73 bits per heavy atom. The van der Waals surface area contributed by atoms with Gasteiger partial charge >= 0.3 is 6.03 Å². The van der Waals surface area contributed by atoms with Crippen LogP contribution in [0.4, 0.5) is 4.79 Å². The molecule has 0 aromatic carbocycles. The number of rotatable bonds is 6. The molecule has 0 rings (SSSR count). The van der Waals surface area contributed by atoms with E-state index in [1.807, 2.05) is 13.8 Å². The van der Waals surface area contributed by atoms with Crippen LogP contribution in [0.2, 0.25) is 0 Å². The van der Waals surface area contributed by atoms with Crippen molar-refractivity contribution in [1.29, 1.82) is 0 Å². The first-order chi connectivity index (χ1) is 6.90. The molecule has 0 aromatic heterocycles. The van der Waals surface area contributed by atoms with Crippen molar-refractivity contribution >= 4 is 16.1 Å². The molecule has 0 aromatic rings. The maximum atomic E-state index is 11.4. The number of urea groups is 1. The van der Waals surface area contributed by atoms with E-state index in [-0.39, 0.29) is 12.6 Å². The fraction of sp³-hybridized carbons (Fsp3) is 0.875. The predicted molar refractivity (Wildman–Crippen MR) is 59.2 cm³/mol. The molecule has 90 valence electrons. The maximum absolute atomic E-state index is 11.4. The highest BCUT2D eigenvalue weighted by Crippen LogP contribution is 1.86. The summed E-state index contributed by atoms with van der Waals surface area (Å²) in [6.07, 6.45) is 1.08. The standard InChI is InChI=1S/C8H19N3O3S/c1-4-11(5-2)8(12)9-6-7-10-15(3,13)14/h10H,4-7H2,1-3H3,(H,9,12). The molecule has 0 aliphatic rings. The van der Waals surface area contributed by atoms with Gasteiger partial charge in [0.1, 0.15) is 0 Å². The van der Waals surface area contributed by atoms with Crippen molar-refractivity contribution < 1.29 is 13.2 Å². The van der Waals surface area contributed by atoms with Crippen molar-refractivity contribution in [1.82, 2.24) is 14.9 Å². The zero-order valence-electron chi connectivity index (χ0n) is 9.41. The first kappa shape index (κ1) is 14.2. The number of carbonyl (C=O) groups is 1. The van der Waals surface area contributed by atoms with E-state index in [1.165, 1.54) is 0 Å². The molecule has 0 spiro atoms. The molecule has 0 bridgehead atoms. The minimum absolute atomic E-state index is 0.171. The van der Waals surface area contributed by atoms with Gasteiger partial charge < -0.3 is 10.2 Å². The normalized spacial score (nSPS) is 11.1. The summed E-state index contributed by atoms with van der Waals surface area (Å²) in [5.74, 6) is 0. The molecule has 2 N–H and O–H groups in total. The molecule has 7 heteroatoms. The molecule has 0 unspecified atom stereocenters. The zero-order valence-corrected chi connectivity index (χ0v) is 10.2. The summed E-state index contributed by atoms with van der Waals surface area (Å²) in [6, 6.07) is -0.171. The van der Waals surface area contributed by atoms with E-state index in [2.05, 4.69) is 10.0 Å². The molecule has 0 heterocycles. The lowest BCUT2D eigenvalue weighted by atomic mass is 10.5. The minimum Gasteiger partial charge on any atom is -0.337 e. The second kappa shape index (κ2) is 6.62. The molecule has 0 aliphatic carbocycles. The van der Waals surface area contributed by atoms with E-state index < -0.39 is 10.0 Å². The Kier molecular flexibility index (Phi) is 6.26. The Balaban J connectivity index is 3.73. The average molecular weight is 237 g/mol. The lowest BCUT2D eigenvalue weighted by molar-refractivity contribution is 0.203. The van der Waals surface area contributed by atoms with Gasteiger partial charge in [-0.2, -0.15) is 0 Å². The highest BCUT2D eigenvalue weighted by Gasteiger charge is 2.07. The fourth-order valence-electron chi connectivity index (χ4n) is 1.03. The van der Waals surface area contributed by atoms with Crippen molar-refractivity contribution in [2.75, 3.05) is 32.4 Å². The molecule has 0 aliphatic heterocycles. The average Bonchev–Trinajstić information content (AvgIpc) is 2.13. The van der Waals surface area contributed by atoms with Crippen molar-refractivity contribution in [2.45, 2.75) is 13.8 Å². The molecular weight excluding hydrogens is 218 g/mol. The largest absolute Gasteiger partial charge is 0.337 e. The van der Waals surface area contributed by atoms with Crippen molar-refractivity contribution in [3.05, 3.63) is 0 Å². The highest BCUT2D eigenvalue weighted by molar-refractivity contribution is 7.88. The molecular formula is C8H19N3O3S. The van der Waals surface area contributed by atoms with Crippen LogP contribution < -0.4 is 10.0 Å². The second-order valence-corrected chi connectivity index (χ2v) is 4.90. The van der Waals surface area contributed by atoms with Crippen molar-refractivity contribution in [3.8, 4) is 0 Å². The molecule has 2 amide bonds. The van der Waals surface area contributed by atoms with Gasteiger partial charge in [-0.3, -0.25) is 0 Å². The third kappa shape index (κ3) is 7.15. The van der Waals surface area contributed by atoms with Crippen LogP contribution in [0.25, 0.3) is 0 Å². The Morgan fingerprint density at radius 3 is 2.13 bits per heavy atom. The number of nitrogens with one attached hydrogen (secondary N) is 2. The van der Waals surface area contributed by atoms with Crippen LogP contribution in [0.1, 0.15) is 13.8 Å². The Labute approximate surface area is 91.1 Å². The number of amides is 2. The van der Waals surface area contributed by atoms with Gasteiger partial charge in [-0.05, 0) is 13.8 Å². The van der Waals surface area contributed by atoms with Gasteiger partial charge in [-0.25, -0.2) is 17.9 Å². The molecule has 0 fully saturated rings. The second-order valence-electron chi connectivity index (χ2n) is 3.07. The Bertz CT molecular complexity index is 286. The summed E-state index contributed by atoms with van der Waals surface area (Å²) in [6.45, 7) is 5.56. The number of carbonyl (C=O) groups excluding carboxylic acids is 1. The van der Waals surface area contributed by atoms with E-state index in [1.54, 1.807) is 4.90 Å². The van der Waals surface area contributed by atoms with Crippen molar-refractivity contribution in [2.24, 2.45) is 0 Å². The van der Waals surface area contributed by atoms with E-state index in [9.17, 15) is 13.2 Å². The van der Waals surface area contributed by atoms with E-state index in [0.717, 1.165) is 6.26 Å². The van der Waals surface area contributed by atoms with Crippen LogP contribution >= 0.6 is 0 Å². The van der Waals surface area contributed by atoms with Gasteiger partial charge in [0, 0.05) is 26.2 Å². The summed E-state index contributed by atoms with van der Waals surface area (Å²) < 4.78 is 23.7. The first-order valence-electron chi connectivity index (χ1n) is 4.88. The predicted octanol–water partition coefficient (Wildman–Crippen LogP) is -0.413. The third-order valence-corrected chi connectivity index (χ3v) is 2.54. The van der Waals surface area contributed by atoms with E-state index >= 15 is 0 Å². The quantitative estimate of drug-likeness (QED) is 0.616. The van der Waals surface area contributed by atoms with Gasteiger partial charge in [-0.1, -0.05) is 0 Å². The van der Waals surface area contributed by atoms with Gasteiger partial charge in [-0.15, -0.1) is 0 Å². The first-order valence-corrected chi connectivity index (χ1v) is 6.77. The summed E-state index contributed by atoms with van der Waals surface area (Å²) in [5.41, 5.74) is 0. The van der Waals surface area contributed by atoms with Gasteiger partial charge in [0.15, 0.2) is 0 Å². The summed E-state index contributed by atoms with van der Waals surface area (Å²) >= 11 is 0. The summed E-state index contributed by atoms with van der Waals surface area (Å²) in [5, 5.41) is 2.62. The maximum Gasteiger partial charge on any atom is 0.317 e. The fourth-order valence-corrected chi connectivity index (χ4v) is 1.50. The molecule has 0 saturated carbocycles. The lowest BCUT2D eigenvalue weighted by Crippen LogP contribution is -2.42. The number of sulfonamides is 1. The van der Waals surface area contributed by atoms with Crippen LogP contribution in [0.3, 0.4) is 0 Å². The topological polar surface area (TPSA) is 78.5 Å². The molecule has 0 radical (unpaired) electrons. The van der Waals surface area contributed by atoms with Crippen LogP contribution in [0.5, 0.6) is 0 Å². The smallest absolute Gasteiger partial charge is 0.317 e. The van der Waals surface area contributed by atoms with Crippen LogP contribution in [-0.2, 0) is 10.0 Å². The molecule has 6 nitrogen and oxygen atoms in total. The van der Waals surface area contributed by atoms with Crippen LogP contribution in [0.15, 0.2) is 0 Å². The summed E-state index contributed by atoms with van der Waals surface area (Å²) in [4.78, 5) is 13.0. The number of hydrogen-bond acceptors (Lipinski definition) is 3.